The van der Waals surface area contributed by atoms with Gasteiger partial charge in [0.25, 0.3) is 0 Å². The molecule has 4 heteroatoms. The van der Waals surface area contributed by atoms with Crippen molar-refractivity contribution in [3.63, 3.8) is 0 Å². The summed E-state index contributed by atoms with van der Waals surface area (Å²) in [4.78, 5) is 18.2. The van der Waals surface area contributed by atoms with E-state index in [2.05, 4.69) is 23.4 Å². The van der Waals surface area contributed by atoms with Gasteiger partial charge in [-0.25, -0.2) is 4.98 Å². The second kappa shape index (κ2) is 6.22. The largest absolute Gasteiger partial charge is 0.342 e. The van der Waals surface area contributed by atoms with Crippen LogP contribution in [0, 0.1) is 12.8 Å². The third-order valence-corrected chi connectivity index (χ3v) is 4.00. The number of aromatic nitrogens is 2. The molecule has 4 nitrogen and oxygen atoms in total. The van der Waals surface area contributed by atoms with Gasteiger partial charge < -0.3 is 9.47 Å². The molecule has 1 aromatic heterocycles. The van der Waals surface area contributed by atoms with Crippen LogP contribution in [-0.4, -0.2) is 33.4 Å². The number of amides is 1. The topological polar surface area (TPSA) is 38.1 Å². The third kappa shape index (κ3) is 3.17. The number of hydrogen-bond donors (Lipinski definition) is 0. The smallest absolute Gasteiger partial charge is 0.222 e. The van der Waals surface area contributed by atoms with Crippen LogP contribution in [0.2, 0.25) is 0 Å². The Morgan fingerprint density at radius 1 is 1.47 bits per heavy atom. The fraction of sp³-hybridized carbons (Fsp3) is 0.733. The number of hydrogen-bond acceptors (Lipinski definition) is 2. The van der Waals surface area contributed by atoms with E-state index in [0.29, 0.717) is 12.3 Å². The SMILES string of the molecule is CCCn1c(C)cnc1CC1CCN(C(=O)CC)C1. The minimum Gasteiger partial charge on any atom is -0.342 e. The molecule has 0 N–H and O–H groups in total. The van der Waals surface area contributed by atoms with Gasteiger partial charge in [-0.1, -0.05) is 13.8 Å². The fourth-order valence-electron chi connectivity index (χ4n) is 2.91. The zero-order valence-corrected chi connectivity index (χ0v) is 12.4. The second-order valence-corrected chi connectivity index (χ2v) is 5.52. The molecule has 1 fully saturated rings. The van der Waals surface area contributed by atoms with E-state index in [-0.39, 0.29) is 5.91 Å². The van der Waals surface area contributed by atoms with E-state index in [0.717, 1.165) is 38.9 Å². The second-order valence-electron chi connectivity index (χ2n) is 5.52. The number of rotatable bonds is 5. The van der Waals surface area contributed by atoms with Crippen LogP contribution in [0.25, 0.3) is 0 Å². The first-order valence-electron chi connectivity index (χ1n) is 7.44. The Hall–Kier alpha value is -1.32. The number of likely N-dealkylation sites (tertiary alicyclic amines) is 1. The highest BCUT2D eigenvalue weighted by Gasteiger charge is 2.26. The van der Waals surface area contributed by atoms with Crippen LogP contribution >= 0.6 is 0 Å². The number of carbonyl (C=O) groups is 1. The van der Waals surface area contributed by atoms with Crippen LogP contribution in [0.15, 0.2) is 6.20 Å². The molecule has 2 heterocycles. The number of aryl methyl sites for hydroxylation is 1. The van der Waals surface area contributed by atoms with Gasteiger partial charge in [0, 0.05) is 44.4 Å². The van der Waals surface area contributed by atoms with Gasteiger partial charge in [-0.3, -0.25) is 4.79 Å². The summed E-state index contributed by atoms with van der Waals surface area (Å²) in [5, 5.41) is 0. The number of nitrogens with zero attached hydrogens (tertiary/aromatic N) is 3. The van der Waals surface area contributed by atoms with Crippen molar-refractivity contribution in [1.82, 2.24) is 14.5 Å². The molecule has 19 heavy (non-hydrogen) atoms. The molecule has 0 saturated carbocycles. The number of imidazole rings is 1. The Labute approximate surface area is 115 Å². The van der Waals surface area contributed by atoms with Crippen LogP contribution in [0.3, 0.4) is 0 Å². The first-order chi connectivity index (χ1) is 9.15. The molecule has 1 aliphatic rings. The van der Waals surface area contributed by atoms with E-state index in [1.165, 1.54) is 11.5 Å². The summed E-state index contributed by atoms with van der Waals surface area (Å²) in [6.07, 6.45) is 5.84. The van der Waals surface area contributed by atoms with E-state index in [1.807, 2.05) is 18.0 Å². The number of carbonyl (C=O) groups excluding carboxylic acids is 1. The molecule has 1 amide bonds. The molecule has 1 saturated heterocycles. The van der Waals surface area contributed by atoms with E-state index in [9.17, 15) is 4.79 Å². The van der Waals surface area contributed by atoms with Gasteiger partial charge in [0.2, 0.25) is 5.91 Å². The summed E-state index contributed by atoms with van der Waals surface area (Å²) >= 11 is 0. The van der Waals surface area contributed by atoms with Gasteiger partial charge in [0.1, 0.15) is 5.82 Å². The molecule has 0 radical (unpaired) electrons. The van der Waals surface area contributed by atoms with Gasteiger partial charge >= 0.3 is 0 Å². The van der Waals surface area contributed by atoms with Crippen LogP contribution in [0.5, 0.6) is 0 Å². The van der Waals surface area contributed by atoms with E-state index in [1.54, 1.807) is 0 Å². The van der Waals surface area contributed by atoms with Gasteiger partial charge in [-0.2, -0.15) is 0 Å². The highest BCUT2D eigenvalue weighted by molar-refractivity contribution is 5.76. The highest BCUT2D eigenvalue weighted by atomic mass is 16.2. The predicted octanol–water partition coefficient (Wildman–Crippen LogP) is 2.40. The predicted molar refractivity (Wildman–Crippen MR) is 75.9 cm³/mol. The summed E-state index contributed by atoms with van der Waals surface area (Å²) in [7, 11) is 0. The van der Waals surface area contributed by atoms with E-state index >= 15 is 0 Å². The minimum absolute atomic E-state index is 0.288. The van der Waals surface area contributed by atoms with Crippen LogP contribution < -0.4 is 0 Å². The molecule has 106 valence electrons. The average molecular weight is 263 g/mol. The maximum Gasteiger partial charge on any atom is 0.222 e. The molecule has 1 aromatic rings. The van der Waals surface area contributed by atoms with Crippen LogP contribution in [0.4, 0.5) is 0 Å². The van der Waals surface area contributed by atoms with E-state index in [4.69, 9.17) is 0 Å². The molecular formula is C15H25N3O. The molecular weight excluding hydrogens is 238 g/mol. The van der Waals surface area contributed by atoms with Crippen molar-refractivity contribution in [3.8, 4) is 0 Å². The first-order valence-corrected chi connectivity index (χ1v) is 7.44. The lowest BCUT2D eigenvalue weighted by atomic mass is 10.0. The lowest BCUT2D eigenvalue weighted by molar-refractivity contribution is -0.129. The summed E-state index contributed by atoms with van der Waals surface area (Å²) in [6, 6.07) is 0. The quantitative estimate of drug-likeness (QED) is 0.818. The third-order valence-electron chi connectivity index (χ3n) is 4.00. The molecule has 1 atom stereocenters. The average Bonchev–Trinajstić information content (AvgIpc) is 3.00. The van der Waals surface area contributed by atoms with Crippen LogP contribution in [-0.2, 0) is 17.8 Å². The lowest BCUT2D eigenvalue weighted by Gasteiger charge is -2.16. The van der Waals surface area contributed by atoms with Gasteiger partial charge in [0.15, 0.2) is 0 Å². The molecule has 1 aliphatic heterocycles. The van der Waals surface area contributed by atoms with Gasteiger partial charge in [-0.05, 0) is 25.7 Å². The van der Waals surface area contributed by atoms with Crippen molar-refractivity contribution in [2.24, 2.45) is 5.92 Å². The maximum absolute atomic E-state index is 11.7. The molecule has 0 aliphatic carbocycles. The van der Waals surface area contributed by atoms with Crippen LogP contribution in [0.1, 0.15) is 44.6 Å². The standard InChI is InChI=1S/C15H25N3O/c1-4-7-18-12(3)10-16-14(18)9-13-6-8-17(11-13)15(19)5-2/h10,13H,4-9,11H2,1-3H3. The normalized spacial score (nSPS) is 19.1. The highest BCUT2D eigenvalue weighted by Crippen LogP contribution is 2.21. The Kier molecular flexibility index (Phi) is 4.61. The first kappa shape index (κ1) is 14.1. The van der Waals surface area contributed by atoms with E-state index < -0.39 is 0 Å². The van der Waals surface area contributed by atoms with Crippen molar-refractivity contribution in [1.29, 1.82) is 0 Å². The fourth-order valence-corrected chi connectivity index (χ4v) is 2.91. The zero-order chi connectivity index (χ0) is 13.8. The minimum atomic E-state index is 0.288. The Bertz CT molecular complexity index is 439. The Morgan fingerprint density at radius 2 is 2.26 bits per heavy atom. The van der Waals surface area contributed by atoms with Crippen molar-refractivity contribution in [3.05, 3.63) is 17.7 Å². The molecule has 0 aromatic carbocycles. The molecule has 0 bridgehead atoms. The molecule has 2 rings (SSSR count). The Balaban J connectivity index is 1.97. The van der Waals surface area contributed by atoms with Crippen molar-refractivity contribution in [2.75, 3.05) is 13.1 Å². The summed E-state index contributed by atoms with van der Waals surface area (Å²) < 4.78 is 2.32. The molecule has 0 spiro atoms. The van der Waals surface area contributed by atoms with Crippen molar-refractivity contribution >= 4 is 5.91 Å². The lowest BCUT2D eigenvalue weighted by Crippen LogP contribution is -2.28. The van der Waals surface area contributed by atoms with Crippen molar-refractivity contribution in [2.45, 2.75) is 53.0 Å². The monoisotopic (exact) mass is 263 g/mol. The summed E-state index contributed by atoms with van der Waals surface area (Å²) in [5.74, 6) is 2.05. The maximum atomic E-state index is 11.7. The summed E-state index contributed by atoms with van der Waals surface area (Å²) in [5.41, 5.74) is 1.25. The zero-order valence-electron chi connectivity index (χ0n) is 12.4. The Morgan fingerprint density at radius 3 is 2.95 bits per heavy atom. The van der Waals surface area contributed by atoms with Gasteiger partial charge in [-0.15, -0.1) is 0 Å². The molecule has 1 unspecified atom stereocenters. The van der Waals surface area contributed by atoms with Crippen molar-refractivity contribution < 1.29 is 4.79 Å². The van der Waals surface area contributed by atoms with Gasteiger partial charge in [0.05, 0.1) is 0 Å². The summed E-state index contributed by atoms with van der Waals surface area (Å²) in [6.45, 7) is 9.13.